The van der Waals surface area contributed by atoms with E-state index in [2.05, 4.69) is 33.2 Å². The van der Waals surface area contributed by atoms with Crippen molar-refractivity contribution in [1.82, 2.24) is 14.6 Å². The van der Waals surface area contributed by atoms with Gasteiger partial charge in [0.25, 0.3) is 0 Å². The molecular formula is C12H14N4. The summed E-state index contributed by atoms with van der Waals surface area (Å²) in [6.07, 6.45) is 9.21. The number of aromatic nitrogens is 3. The van der Waals surface area contributed by atoms with Gasteiger partial charge in [-0.3, -0.25) is 0 Å². The van der Waals surface area contributed by atoms with Gasteiger partial charge in [0.2, 0.25) is 0 Å². The third-order valence-corrected chi connectivity index (χ3v) is 2.85. The first-order valence-corrected chi connectivity index (χ1v) is 5.55. The molecule has 0 spiro atoms. The quantitative estimate of drug-likeness (QED) is 0.679. The predicted molar refractivity (Wildman–Crippen MR) is 63.7 cm³/mol. The molecule has 4 heteroatoms. The molecule has 0 amide bonds. The highest BCUT2D eigenvalue weighted by atomic mass is 15.3. The predicted octanol–water partition coefficient (Wildman–Crippen LogP) is 1.80. The van der Waals surface area contributed by atoms with Gasteiger partial charge >= 0.3 is 0 Å². The van der Waals surface area contributed by atoms with E-state index in [1.165, 1.54) is 0 Å². The first kappa shape index (κ1) is 9.39. The average Bonchev–Trinajstić information content (AvgIpc) is 2.70. The Morgan fingerprint density at radius 1 is 1.31 bits per heavy atom. The van der Waals surface area contributed by atoms with Crippen LogP contribution in [-0.2, 0) is 0 Å². The Morgan fingerprint density at radius 3 is 3.06 bits per heavy atom. The molecule has 1 aliphatic heterocycles. The first-order valence-electron chi connectivity index (χ1n) is 5.55. The van der Waals surface area contributed by atoms with E-state index >= 15 is 0 Å². The van der Waals surface area contributed by atoms with Gasteiger partial charge in [-0.2, -0.15) is 5.10 Å². The number of fused-ring (bicyclic) bond motifs is 1. The largest absolute Gasteiger partial charge is 0.351 e. The number of rotatable bonds is 1. The van der Waals surface area contributed by atoms with Crippen LogP contribution < -0.4 is 4.90 Å². The van der Waals surface area contributed by atoms with E-state index in [1.807, 2.05) is 23.8 Å². The van der Waals surface area contributed by atoms with Gasteiger partial charge in [0.05, 0.1) is 5.69 Å². The zero-order chi connectivity index (χ0) is 11.0. The minimum atomic E-state index is 0.941. The summed E-state index contributed by atoms with van der Waals surface area (Å²) in [7, 11) is 0. The summed E-state index contributed by atoms with van der Waals surface area (Å²) in [5.74, 6) is 1.03. The molecule has 0 aromatic carbocycles. The van der Waals surface area contributed by atoms with E-state index in [-0.39, 0.29) is 0 Å². The van der Waals surface area contributed by atoms with Gasteiger partial charge in [-0.25, -0.2) is 9.50 Å². The Bertz CT molecular complexity index is 541. The maximum Gasteiger partial charge on any atom is 0.154 e. The molecule has 3 rings (SSSR count). The molecule has 1 aliphatic rings. The van der Waals surface area contributed by atoms with Crippen LogP contribution in [0.1, 0.15) is 12.1 Å². The molecule has 0 atom stereocenters. The van der Waals surface area contributed by atoms with Crippen LogP contribution in [0.2, 0.25) is 0 Å². The second-order valence-electron chi connectivity index (χ2n) is 4.07. The Kier molecular flexibility index (Phi) is 2.13. The monoisotopic (exact) mass is 214 g/mol. The van der Waals surface area contributed by atoms with Crippen LogP contribution >= 0.6 is 0 Å². The zero-order valence-electron chi connectivity index (χ0n) is 9.30. The maximum atomic E-state index is 4.48. The Morgan fingerprint density at radius 2 is 2.25 bits per heavy atom. The second kappa shape index (κ2) is 3.63. The summed E-state index contributed by atoms with van der Waals surface area (Å²) in [5.41, 5.74) is 2.12. The van der Waals surface area contributed by atoms with Crippen LogP contribution in [0.5, 0.6) is 0 Å². The lowest BCUT2D eigenvalue weighted by molar-refractivity contribution is 0.800. The molecule has 3 heterocycles. The molecule has 0 saturated heterocycles. The third kappa shape index (κ3) is 1.46. The number of nitrogens with zero attached hydrogens (tertiary/aromatic N) is 4. The van der Waals surface area contributed by atoms with Crippen LogP contribution in [0, 0.1) is 6.92 Å². The van der Waals surface area contributed by atoms with Gasteiger partial charge in [-0.1, -0.05) is 12.2 Å². The van der Waals surface area contributed by atoms with E-state index in [0.717, 1.165) is 36.5 Å². The summed E-state index contributed by atoms with van der Waals surface area (Å²) in [6.45, 7) is 3.98. The molecule has 0 fully saturated rings. The third-order valence-electron chi connectivity index (χ3n) is 2.85. The summed E-state index contributed by atoms with van der Waals surface area (Å²) in [5, 5.41) is 4.40. The first-order chi connectivity index (χ1) is 7.84. The van der Waals surface area contributed by atoms with Gasteiger partial charge < -0.3 is 4.90 Å². The normalized spacial score (nSPS) is 15.9. The fraction of sp³-hybridized carbons (Fsp3) is 0.333. The lowest BCUT2D eigenvalue weighted by atomic mass is 10.2. The lowest BCUT2D eigenvalue weighted by Crippen LogP contribution is -2.28. The average molecular weight is 214 g/mol. The molecule has 0 N–H and O–H groups in total. The van der Waals surface area contributed by atoms with Gasteiger partial charge in [-0.15, -0.1) is 0 Å². The van der Waals surface area contributed by atoms with Crippen molar-refractivity contribution < 1.29 is 0 Å². The minimum Gasteiger partial charge on any atom is -0.351 e. The van der Waals surface area contributed by atoms with Gasteiger partial charge in [0.1, 0.15) is 5.52 Å². The number of aryl methyl sites for hydroxylation is 1. The minimum absolute atomic E-state index is 0.941. The Balaban J connectivity index is 2.11. The number of anilines is 1. The fourth-order valence-electron chi connectivity index (χ4n) is 2.11. The number of hydrogen-bond donors (Lipinski definition) is 0. The molecule has 0 saturated carbocycles. The maximum absolute atomic E-state index is 4.48. The summed E-state index contributed by atoms with van der Waals surface area (Å²) >= 11 is 0. The van der Waals surface area contributed by atoms with Gasteiger partial charge in [-0.05, 0) is 19.4 Å². The SMILES string of the molecule is Cc1cc2c(N3CC=CCC3)nccn2n1. The van der Waals surface area contributed by atoms with Crippen molar-refractivity contribution in [2.75, 3.05) is 18.0 Å². The van der Waals surface area contributed by atoms with Crippen molar-refractivity contribution in [2.24, 2.45) is 0 Å². The zero-order valence-corrected chi connectivity index (χ0v) is 9.30. The highest BCUT2D eigenvalue weighted by molar-refractivity contribution is 5.69. The molecule has 0 bridgehead atoms. The van der Waals surface area contributed by atoms with Crippen molar-refractivity contribution in [3.05, 3.63) is 36.3 Å². The molecule has 16 heavy (non-hydrogen) atoms. The van der Waals surface area contributed by atoms with Gasteiger partial charge in [0, 0.05) is 25.5 Å². The second-order valence-corrected chi connectivity index (χ2v) is 4.07. The molecular weight excluding hydrogens is 200 g/mol. The molecule has 4 nitrogen and oxygen atoms in total. The molecule has 82 valence electrons. The summed E-state index contributed by atoms with van der Waals surface area (Å²) in [6, 6.07) is 2.08. The molecule has 0 radical (unpaired) electrons. The summed E-state index contributed by atoms with van der Waals surface area (Å²) < 4.78 is 1.90. The van der Waals surface area contributed by atoms with E-state index in [9.17, 15) is 0 Å². The Labute approximate surface area is 94.2 Å². The molecule has 0 aliphatic carbocycles. The van der Waals surface area contributed by atoms with Crippen molar-refractivity contribution >= 4 is 11.3 Å². The fourth-order valence-corrected chi connectivity index (χ4v) is 2.11. The van der Waals surface area contributed by atoms with Crippen molar-refractivity contribution in [1.29, 1.82) is 0 Å². The summed E-state index contributed by atoms with van der Waals surface area (Å²) in [4.78, 5) is 6.76. The van der Waals surface area contributed by atoms with Crippen LogP contribution in [0.3, 0.4) is 0 Å². The topological polar surface area (TPSA) is 33.4 Å². The highest BCUT2D eigenvalue weighted by Crippen LogP contribution is 2.20. The van der Waals surface area contributed by atoms with Gasteiger partial charge in [0.15, 0.2) is 5.82 Å². The lowest BCUT2D eigenvalue weighted by Gasteiger charge is -2.24. The van der Waals surface area contributed by atoms with E-state index in [1.54, 1.807) is 0 Å². The van der Waals surface area contributed by atoms with Crippen LogP contribution in [-0.4, -0.2) is 27.7 Å². The van der Waals surface area contributed by atoms with Crippen molar-refractivity contribution in [3.63, 3.8) is 0 Å². The van der Waals surface area contributed by atoms with Crippen LogP contribution in [0.4, 0.5) is 5.82 Å². The van der Waals surface area contributed by atoms with Crippen molar-refractivity contribution in [2.45, 2.75) is 13.3 Å². The number of hydrogen-bond acceptors (Lipinski definition) is 3. The highest BCUT2D eigenvalue weighted by Gasteiger charge is 2.13. The van der Waals surface area contributed by atoms with E-state index in [4.69, 9.17) is 0 Å². The van der Waals surface area contributed by atoms with Crippen LogP contribution in [0.15, 0.2) is 30.6 Å². The molecule has 2 aromatic heterocycles. The van der Waals surface area contributed by atoms with Crippen LogP contribution in [0.25, 0.3) is 5.52 Å². The smallest absolute Gasteiger partial charge is 0.154 e. The van der Waals surface area contributed by atoms with Crippen molar-refractivity contribution in [3.8, 4) is 0 Å². The van der Waals surface area contributed by atoms with E-state index in [0.29, 0.717) is 0 Å². The molecule has 0 unspecified atom stereocenters. The van der Waals surface area contributed by atoms with E-state index < -0.39 is 0 Å². The Hall–Kier alpha value is -1.84. The molecule has 2 aromatic rings. The standard InChI is InChI=1S/C12H14N4/c1-10-9-11-12(13-5-8-16(11)14-10)15-6-3-2-4-7-15/h2-3,5,8-9H,4,6-7H2,1H3.